The van der Waals surface area contributed by atoms with Crippen LogP contribution in [0.4, 0.5) is 5.13 Å². The normalized spacial score (nSPS) is 14.4. The maximum atomic E-state index is 12.9. The SMILES string of the molecule is COc1ccc(OC)c(-c2csc(NC(=O)C3(c4ccc(Cl)cc4)CC3)n2)c1. The van der Waals surface area contributed by atoms with Gasteiger partial charge in [0.15, 0.2) is 5.13 Å². The number of rotatable bonds is 6. The largest absolute Gasteiger partial charge is 0.497 e. The molecule has 0 saturated heterocycles. The van der Waals surface area contributed by atoms with E-state index >= 15 is 0 Å². The van der Waals surface area contributed by atoms with Gasteiger partial charge in [0.05, 0.1) is 25.3 Å². The average molecular weight is 415 g/mol. The zero-order valence-electron chi connectivity index (χ0n) is 15.5. The molecule has 0 aliphatic heterocycles. The molecule has 1 N–H and O–H groups in total. The molecule has 1 amide bonds. The number of halogens is 1. The lowest BCUT2D eigenvalue weighted by Gasteiger charge is -2.14. The summed E-state index contributed by atoms with van der Waals surface area (Å²) in [5.74, 6) is 1.38. The van der Waals surface area contributed by atoms with E-state index in [1.165, 1.54) is 11.3 Å². The highest BCUT2D eigenvalue weighted by atomic mass is 35.5. The van der Waals surface area contributed by atoms with Crippen molar-refractivity contribution in [3.05, 3.63) is 58.4 Å². The number of thiazole rings is 1. The maximum absolute atomic E-state index is 12.9. The van der Waals surface area contributed by atoms with Crippen LogP contribution in [0.25, 0.3) is 11.3 Å². The predicted molar refractivity (Wildman–Crippen MR) is 112 cm³/mol. The van der Waals surface area contributed by atoms with Gasteiger partial charge < -0.3 is 14.8 Å². The fraction of sp³-hybridized carbons (Fsp3) is 0.238. The van der Waals surface area contributed by atoms with Crippen molar-refractivity contribution < 1.29 is 14.3 Å². The second-order valence-electron chi connectivity index (χ2n) is 6.65. The molecule has 28 heavy (non-hydrogen) atoms. The minimum atomic E-state index is -0.482. The minimum absolute atomic E-state index is 0.0340. The Labute approximate surface area is 172 Å². The summed E-state index contributed by atoms with van der Waals surface area (Å²) in [5, 5.41) is 6.10. The standard InChI is InChI=1S/C21H19ClN2O3S/c1-26-15-7-8-18(27-2)16(11-15)17-12-28-20(23-17)24-19(25)21(9-10-21)13-3-5-14(22)6-4-13/h3-8,11-12H,9-10H2,1-2H3,(H,23,24,25). The fourth-order valence-corrected chi connectivity index (χ4v) is 4.06. The molecule has 1 aromatic heterocycles. The first kappa shape index (κ1) is 18.8. The van der Waals surface area contributed by atoms with E-state index in [9.17, 15) is 4.79 Å². The van der Waals surface area contributed by atoms with Gasteiger partial charge in [-0.15, -0.1) is 11.3 Å². The molecule has 0 bridgehead atoms. The molecule has 1 saturated carbocycles. The minimum Gasteiger partial charge on any atom is -0.497 e. The third kappa shape index (κ3) is 3.45. The molecule has 3 aromatic rings. The Hall–Kier alpha value is -2.57. The van der Waals surface area contributed by atoms with E-state index < -0.39 is 5.41 Å². The Morgan fingerprint density at radius 1 is 1.14 bits per heavy atom. The third-order valence-corrected chi connectivity index (χ3v) is 6.00. The van der Waals surface area contributed by atoms with Gasteiger partial charge in [-0.05, 0) is 48.7 Å². The highest BCUT2D eigenvalue weighted by Crippen LogP contribution is 2.49. The van der Waals surface area contributed by atoms with Crippen LogP contribution in [-0.4, -0.2) is 25.1 Å². The van der Waals surface area contributed by atoms with E-state index in [1.807, 2.05) is 47.8 Å². The lowest BCUT2D eigenvalue weighted by atomic mass is 9.95. The Morgan fingerprint density at radius 2 is 1.89 bits per heavy atom. The number of nitrogens with one attached hydrogen (secondary N) is 1. The third-order valence-electron chi connectivity index (χ3n) is 4.99. The summed E-state index contributed by atoms with van der Waals surface area (Å²) in [6.07, 6.45) is 1.64. The van der Waals surface area contributed by atoms with E-state index in [-0.39, 0.29) is 5.91 Å². The van der Waals surface area contributed by atoms with Crippen molar-refractivity contribution in [1.29, 1.82) is 0 Å². The van der Waals surface area contributed by atoms with Gasteiger partial charge >= 0.3 is 0 Å². The van der Waals surface area contributed by atoms with Crippen molar-refractivity contribution in [1.82, 2.24) is 4.98 Å². The number of methoxy groups -OCH3 is 2. The first-order valence-corrected chi connectivity index (χ1v) is 10.1. The Bertz CT molecular complexity index is 1010. The van der Waals surface area contributed by atoms with Gasteiger partial charge in [-0.2, -0.15) is 0 Å². The molecule has 4 rings (SSSR count). The molecule has 0 unspecified atom stereocenters. The van der Waals surface area contributed by atoms with Crippen LogP contribution in [0, 0.1) is 0 Å². The molecule has 1 fully saturated rings. The Kier molecular flexibility index (Phi) is 5.00. The Morgan fingerprint density at radius 3 is 2.54 bits per heavy atom. The van der Waals surface area contributed by atoms with E-state index in [1.54, 1.807) is 14.2 Å². The molecule has 7 heteroatoms. The number of anilines is 1. The number of ether oxygens (including phenoxy) is 2. The lowest BCUT2D eigenvalue weighted by Crippen LogP contribution is -2.27. The van der Waals surface area contributed by atoms with E-state index in [0.29, 0.717) is 21.7 Å². The first-order valence-electron chi connectivity index (χ1n) is 8.81. The maximum Gasteiger partial charge on any atom is 0.236 e. The van der Waals surface area contributed by atoms with Crippen molar-refractivity contribution in [2.75, 3.05) is 19.5 Å². The molecule has 1 aliphatic carbocycles. The molecular formula is C21H19ClN2O3S. The zero-order valence-corrected chi connectivity index (χ0v) is 17.1. The summed E-state index contributed by atoms with van der Waals surface area (Å²) in [7, 11) is 3.23. The van der Waals surface area contributed by atoms with E-state index in [4.69, 9.17) is 21.1 Å². The summed E-state index contributed by atoms with van der Waals surface area (Å²) < 4.78 is 10.7. The van der Waals surface area contributed by atoms with Crippen LogP contribution in [0.3, 0.4) is 0 Å². The summed E-state index contributed by atoms with van der Waals surface area (Å²) in [6.45, 7) is 0. The molecule has 1 heterocycles. The highest BCUT2D eigenvalue weighted by Gasteiger charge is 2.51. The molecule has 0 radical (unpaired) electrons. The summed E-state index contributed by atoms with van der Waals surface area (Å²) in [4.78, 5) is 17.5. The summed E-state index contributed by atoms with van der Waals surface area (Å²) in [5.41, 5.74) is 2.05. The van der Waals surface area contributed by atoms with Crippen LogP contribution >= 0.6 is 22.9 Å². The topological polar surface area (TPSA) is 60.5 Å². The molecule has 0 spiro atoms. The van der Waals surface area contributed by atoms with Crippen molar-refractivity contribution in [2.24, 2.45) is 0 Å². The smallest absolute Gasteiger partial charge is 0.236 e. The molecule has 2 aromatic carbocycles. The van der Waals surface area contributed by atoms with Crippen molar-refractivity contribution in [3.63, 3.8) is 0 Å². The van der Waals surface area contributed by atoms with Crippen LogP contribution < -0.4 is 14.8 Å². The molecule has 0 atom stereocenters. The van der Waals surface area contributed by atoms with Gasteiger partial charge in [0.2, 0.25) is 5.91 Å². The summed E-state index contributed by atoms with van der Waals surface area (Å²) in [6, 6.07) is 13.0. The lowest BCUT2D eigenvalue weighted by molar-refractivity contribution is -0.118. The highest BCUT2D eigenvalue weighted by molar-refractivity contribution is 7.14. The van der Waals surface area contributed by atoms with Crippen molar-refractivity contribution in [2.45, 2.75) is 18.3 Å². The molecule has 5 nitrogen and oxygen atoms in total. The predicted octanol–water partition coefficient (Wildman–Crippen LogP) is 5.15. The van der Waals surface area contributed by atoms with Crippen LogP contribution in [-0.2, 0) is 10.2 Å². The molecular weight excluding hydrogens is 396 g/mol. The number of nitrogens with zero attached hydrogens (tertiary/aromatic N) is 1. The van der Waals surface area contributed by atoms with Crippen molar-refractivity contribution in [3.8, 4) is 22.8 Å². The average Bonchev–Trinajstić information content (AvgIpc) is 3.41. The summed E-state index contributed by atoms with van der Waals surface area (Å²) >= 11 is 7.36. The van der Waals surface area contributed by atoms with Gasteiger partial charge in [-0.3, -0.25) is 4.79 Å². The fourth-order valence-electron chi connectivity index (χ4n) is 3.23. The number of hydrogen-bond donors (Lipinski definition) is 1. The number of amides is 1. The number of hydrogen-bond acceptors (Lipinski definition) is 5. The number of carbonyl (C=O) groups is 1. The van der Waals surface area contributed by atoms with Gasteiger partial charge in [-0.1, -0.05) is 23.7 Å². The molecule has 144 valence electrons. The van der Waals surface area contributed by atoms with E-state index in [0.717, 1.165) is 29.7 Å². The van der Waals surface area contributed by atoms with Crippen LogP contribution in [0.2, 0.25) is 5.02 Å². The van der Waals surface area contributed by atoms with Crippen LogP contribution in [0.15, 0.2) is 47.8 Å². The van der Waals surface area contributed by atoms with Gasteiger partial charge in [0.1, 0.15) is 11.5 Å². The Balaban J connectivity index is 1.56. The quantitative estimate of drug-likeness (QED) is 0.605. The van der Waals surface area contributed by atoms with Crippen LogP contribution in [0.1, 0.15) is 18.4 Å². The molecule has 1 aliphatic rings. The zero-order chi connectivity index (χ0) is 19.7. The monoisotopic (exact) mass is 414 g/mol. The van der Waals surface area contributed by atoms with Crippen molar-refractivity contribution >= 4 is 34.0 Å². The second-order valence-corrected chi connectivity index (χ2v) is 7.94. The van der Waals surface area contributed by atoms with E-state index in [2.05, 4.69) is 10.3 Å². The first-order chi connectivity index (χ1) is 13.6. The van der Waals surface area contributed by atoms with Gasteiger partial charge in [-0.25, -0.2) is 4.98 Å². The number of carbonyl (C=O) groups excluding carboxylic acids is 1. The van der Waals surface area contributed by atoms with Gasteiger partial charge in [0, 0.05) is 16.0 Å². The van der Waals surface area contributed by atoms with Crippen LogP contribution in [0.5, 0.6) is 11.5 Å². The van der Waals surface area contributed by atoms with Gasteiger partial charge in [0.25, 0.3) is 0 Å². The second kappa shape index (κ2) is 7.45. The number of aromatic nitrogens is 1. The number of benzene rings is 2.